The quantitative estimate of drug-likeness (QED) is 0.241. The van der Waals surface area contributed by atoms with Crippen molar-refractivity contribution >= 4 is 29.1 Å². The molecular formula is C13H10ClF4N3O3. The molecule has 0 saturated carbocycles. The summed E-state index contributed by atoms with van der Waals surface area (Å²) in [5.74, 6) is -4.88. The summed E-state index contributed by atoms with van der Waals surface area (Å²) < 4.78 is 55.3. The first-order valence-corrected chi connectivity index (χ1v) is 6.39. The summed E-state index contributed by atoms with van der Waals surface area (Å²) in [4.78, 5) is 23.3. The lowest BCUT2D eigenvalue weighted by Crippen LogP contribution is -2.33. The second-order valence-electron chi connectivity index (χ2n) is 4.33. The fourth-order valence-corrected chi connectivity index (χ4v) is 1.66. The van der Waals surface area contributed by atoms with Gasteiger partial charge in [0.1, 0.15) is 17.2 Å². The minimum absolute atomic E-state index is 0.0146. The van der Waals surface area contributed by atoms with E-state index in [1.165, 1.54) is 6.07 Å². The number of hydrogen-bond acceptors (Lipinski definition) is 6. The zero-order valence-corrected chi connectivity index (χ0v) is 12.5. The first-order chi connectivity index (χ1) is 10.9. The number of rotatable bonds is 5. The Kier molecular flexibility index (Phi) is 5.91. The molecule has 0 aromatic heterocycles. The molecule has 0 fully saturated rings. The molecule has 0 radical (unpaired) electrons. The molecule has 0 aliphatic carbocycles. The lowest BCUT2D eigenvalue weighted by atomic mass is 10.1. The number of halogens is 5. The third-order valence-electron chi connectivity index (χ3n) is 2.59. The number of esters is 1. The van der Waals surface area contributed by atoms with Crippen molar-refractivity contribution < 1.29 is 31.9 Å². The Balaban J connectivity index is 2.89. The predicted molar refractivity (Wildman–Crippen MR) is 75.9 cm³/mol. The second kappa shape index (κ2) is 7.30. The normalized spacial score (nSPS) is 10.9. The third kappa shape index (κ3) is 4.69. The molecule has 24 heavy (non-hydrogen) atoms. The van der Waals surface area contributed by atoms with E-state index in [0.717, 1.165) is 12.1 Å². The van der Waals surface area contributed by atoms with E-state index in [-0.39, 0.29) is 5.02 Å². The minimum atomic E-state index is -5.20. The van der Waals surface area contributed by atoms with Gasteiger partial charge >= 0.3 is 12.1 Å². The standard InChI is InChI=1S/C13H10ClF4N3O3/c14-5-1-2-6(7(15)3-5)8(22)4-24-12(23)9(11(20)21)10(19)13(16,17)18/h1-3,19H,4,20-21H2. The second-order valence-corrected chi connectivity index (χ2v) is 4.76. The van der Waals surface area contributed by atoms with Crippen molar-refractivity contribution in [3.8, 4) is 0 Å². The number of ether oxygens (including phenoxy) is 1. The summed E-state index contributed by atoms with van der Waals surface area (Å²) in [5.41, 5.74) is 5.85. The number of nitrogens with two attached hydrogens (primary N) is 2. The van der Waals surface area contributed by atoms with Crippen LogP contribution in [0.15, 0.2) is 29.6 Å². The highest BCUT2D eigenvalue weighted by Gasteiger charge is 2.41. The van der Waals surface area contributed by atoms with Crippen LogP contribution in [-0.2, 0) is 9.53 Å². The van der Waals surface area contributed by atoms with E-state index >= 15 is 0 Å². The van der Waals surface area contributed by atoms with E-state index in [1.54, 1.807) is 0 Å². The molecule has 0 unspecified atom stereocenters. The maximum Gasteiger partial charge on any atom is 0.433 e. The van der Waals surface area contributed by atoms with Crippen LogP contribution in [0.3, 0.4) is 0 Å². The third-order valence-corrected chi connectivity index (χ3v) is 2.83. The summed E-state index contributed by atoms with van der Waals surface area (Å²) in [6.45, 7) is -1.08. The average molecular weight is 368 g/mol. The van der Waals surface area contributed by atoms with Crippen LogP contribution >= 0.6 is 11.6 Å². The zero-order valence-electron chi connectivity index (χ0n) is 11.7. The molecule has 0 aliphatic rings. The number of hydrogen-bond donors (Lipinski definition) is 3. The molecule has 6 nitrogen and oxygen atoms in total. The Morgan fingerprint density at radius 1 is 1.25 bits per heavy atom. The summed E-state index contributed by atoms with van der Waals surface area (Å²) in [5, 5.41) is 6.88. The van der Waals surface area contributed by atoms with Crippen LogP contribution in [0.2, 0.25) is 5.02 Å². The van der Waals surface area contributed by atoms with E-state index in [1.807, 2.05) is 0 Å². The van der Waals surface area contributed by atoms with Gasteiger partial charge in [-0.2, -0.15) is 13.2 Å². The van der Waals surface area contributed by atoms with Gasteiger partial charge in [-0.1, -0.05) is 11.6 Å². The van der Waals surface area contributed by atoms with Gasteiger partial charge in [0.2, 0.25) is 5.78 Å². The fraction of sp³-hybridized carbons (Fsp3) is 0.154. The first-order valence-electron chi connectivity index (χ1n) is 6.01. The van der Waals surface area contributed by atoms with Gasteiger partial charge in [-0.05, 0) is 18.2 Å². The van der Waals surface area contributed by atoms with Gasteiger partial charge < -0.3 is 16.2 Å². The van der Waals surface area contributed by atoms with E-state index in [0.29, 0.717) is 0 Å². The van der Waals surface area contributed by atoms with E-state index in [2.05, 4.69) is 4.74 Å². The highest BCUT2D eigenvalue weighted by atomic mass is 35.5. The molecular weight excluding hydrogens is 358 g/mol. The lowest BCUT2D eigenvalue weighted by molar-refractivity contribution is -0.138. The van der Waals surface area contributed by atoms with Crippen molar-refractivity contribution in [3.63, 3.8) is 0 Å². The number of Topliss-reactive ketones (excluding diaryl/α,β-unsaturated/α-hetero) is 1. The molecule has 0 atom stereocenters. The van der Waals surface area contributed by atoms with Gasteiger partial charge in [0.25, 0.3) is 0 Å². The van der Waals surface area contributed by atoms with Crippen LogP contribution < -0.4 is 11.5 Å². The smallest absolute Gasteiger partial charge is 0.433 e. The number of carbonyl (C=O) groups is 2. The summed E-state index contributed by atoms with van der Waals surface area (Å²) in [6, 6.07) is 3.04. The highest BCUT2D eigenvalue weighted by molar-refractivity contribution is 6.30. The van der Waals surface area contributed by atoms with Gasteiger partial charge in [0, 0.05) is 5.02 Å². The Hall–Kier alpha value is -2.62. The molecule has 0 spiro atoms. The number of nitrogens with one attached hydrogen (secondary N) is 1. The predicted octanol–water partition coefficient (Wildman–Crippen LogP) is 1.92. The first kappa shape index (κ1) is 19.4. The molecule has 0 saturated heterocycles. The molecule has 0 amide bonds. The highest BCUT2D eigenvalue weighted by Crippen LogP contribution is 2.22. The largest absolute Gasteiger partial charge is 0.454 e. The minimum Gasteiger partial charge on any atom is -0.454 e. The SMILES string of the molecule is N=C(C(C(=O)OCC(=O)c1ccc(Cl)cc1F)=C(N)N)C(F)(F)F. The van der Waals surface area contributed by atoms with Crippen molar-refractivity contribution in [2.45, 2.75) is 6.18 Å². The van der Waals surface area contributed by atoms with Gasteiger partial charge in [0.05, 0.1) is 5.56 Å². The van der Waals surface area contributed by atoms with Crippen molar-refractivity contribution in [1.82, 2.24) is 0 Å². The van der Waals surface area contributed by atoms with Crippen LogP contribution in [0.1, 0.15) is 10.4 Å². The zero-order chi connectivity index (χ0) is 18.7. The molecule has 1 aromatic rings. The topological polar surface area (TPSA) is 119 Å². The molecule has 0 bridgehead atoms. The van der Waals surface area contributed by atoms with Crippen LogP contribution in [-0.4, -0.2) is 30.2 Å². The van der Waals surface area contributed by atoms with E-state index < -0.39 is 53.0 Å². The fourth-order valence-electron chi connectivity index (χ4n) is 1.50. The summed E-state index contributed by atoms with van der Waals surface area (Å²) >= 11 is 5.50. The molecule has 0 heterocycles. The molecule has 11 heteroatoms. The van der Waals surface area contributed by atoms with Crippen molar-refractivity contribution in [2.75, 3.05) is 6.61 Å². The lowest BCUT2D eigenvalue weighted by Gasteiger charge is -2.13. The Morgan fingerprint density at radius 3 is 2.29 bits per heavy atom. The van der Waals surface area contributed by atoms with Crippen molar-refractivity contribution in [2.24, 2.45) is 11.5 Å². The number of alkyl halides is 3. The molecule has 0 aliphatic heterocycles. The number of benzene rings is 1. The van der Waals surface area contributed by atoms with Gasteiger partial charge in [0.15, 0.2) is 12.3 Å². The van der Waals surface area contributed by atoms with Crippen LogP contribution in [0.5, 0.6) is 0 Å². The van der Waals surface area contributed by atoms with Crippen LogP contribution in [0.25, 0.3) is 0 Å². The van der Waals surface area contributed by atoms with E-state index in [4.69, 9.17) is 28.5 Å². The van der Waals surface area contributed by atoms with E-state index in [9.17, 15) is 27.2 Å². The van der Waals surface area contributed by atoms with Crippen molar-refractivity contribution in [1.29, 1.82) is 5.41 Å². The molecule has 5 N–H and O–H groups in total. The Labute approximate surface area is 137 Å². The average Bonchev–Trinajstić information content (AvgIpc) is 2.43. The van der Waals surface area contributed by atoms with Crippen molar-refractivity contribution in [3.05, 3.63) is 46.0 Å². The summed E-state index contributed by atoms with van der Waals surface area (Å²) in [6.07, 6.45) is -5.20. The number of ketones is 1. The molecule has 1 rings (SSSR count). The van der Waals surface area contributed by atoms with Gasteiger partial charge in [-0.25, -0.2) is 9.18 Å². The molecule has 130 valence electrons. The maximum atomic E-state index is 13.5. The van der Waals surface area contributed by atoms with Gasteiger partial charge in [-0.15, -0.1) is 0 Å². The monoisotopic (exact) mass is 367 g/mol. The Morgan fingerprint density at radius 2 is 1.83 bits per heavy atom. The summed E-state index contributed by atoms with van der Waals surface area (Å²) in [7, 11) is 0. The van der Waals surface area contributed by atoms with Crippen LogP contribution in [0, 0.1) is 11.2 Å². The number of carbonyl (C=O) groups excluding carboxylic acids is 2. The molecule has 1 aromatic carbocycles. The Bertz CT molecular complexity index is 728. The van der Waals surface area contributed by atoms with Gasteiger partial charge in [-0.3, -0.25) is 10.2 Å². The van der Waals surface area contributed by atoms with Crippen LogP contribution in [0.4, 0.5) is 17.6 Å². The maximum absolute atomic E-state index is 13.5.